The Morgan fingerprint density at radius 2 is 1.40 bits per heavy atom. The number of hydrogen-bond acceptors (Lipinski definition) is 9. The zero-order chi connectivity index (χ0) is 30.5. The molecule has 0 saturated heterocycles. The molecule has 0 heterocycles. The normalized spacial score (nSPS) is 14.3. The number of methoxy groups -OCH3 is 1. The van der Waals surface area contributed by atoms with Crippen LogP contribution in [0.4, 0.5) is 0 Å². The van der Waals surface area contributed by atoms with Crippen molar-refractivity contribution >= 4 is 23.9 Å². The van der Waals surface area contributed by atoms with Gasteiger partial charge in [-0.15, -0.1) is 0 Å². The Morgan fingerprint density at radius 3 is 1.90 bits per heavy atom. The summed E-state index contributed by atoms with van der Waals surface area (Å²) in [6.07, 6.45) is 2.23. The molecule has 0 aromatic heterocycles. The maximum atomic E-state index is 12.8. The molecule has 1 aromatic carbocycles. The average Bonchev–Trinajstić information content (AvgIpc) is 2.86. The van der Waals surface area contributed by atoms with Gasteiger partial charge in [-0.05, 0) is 55.2 Å². The first-order valence-electron chi connectivity index (χ1n) is 14.3. The minimum absolute atomic E-state index is 0.00501. The highest BCUT2D eigenvalue weighted by molar-refractivity contribution is 5.81. The first-order chi connectivity index (χ1) is 18.7. The van der Waals surface area contributed by atoms with Gasteiger partial charge in [0.2, 0.25) is 0 Å². The van der Waals surface area contributed by atoms with E-state index < -0.39 is 29.6 Å². The standard InChI is InChI=1S/C31H49NO8/c1-9-22(6)16-29(35)38-23(7)18-31(32,30(36)37-8)19-24-12-13-25(39-27(33)14-10-20(2)3)26(17-24)40-28(34)15-11-21(4)5/h12-13,17,20-23H,9-11,14-16,18-19,32H2,1-8H3/t22?,23-,31?/m0/s1. The topological polar surface area (TPSA) is 131 Å². The lowest BCUT2D eigenvalue weighted by molar-refractivity contribution is -0.155. The maximum Gasteiger partial charge on any atom is 0.326 e. The van der Waals surface area contributed by atoms with E-state index >= 15 is 0 Å². The Labute approximate surface area is 239 Å². The summed E-state index contributed by atoms with van der Waals surface area (Å²) in [6, 6.07) is 4.73. The second kappa shape index (κ2) is 17.0. The van der Waals surface area contributed by atoms with Gasteiger partial charge in [0.25, 0.3) is 0 Å². The van der Waals surface area contributed by atoms with Crippen LogP contribution in [0.5, 0.6) is 11.5 Å². The number of benzene rings is 1. The Bertz CT molecular complexity index is 990. The molecule has 3 atom stereocenters. The molecule has 9 nitrogen and oxygen atoms in total. The van der Waals surface area contributed by atoms with Crippen molar-refractivity contribution in [2.45, 2.75) is 111 Å². The number of nitrogens with two attached hydrogens (primary N) is 1. The fraction of sp³-hybridized carbons (Fsp3) is 0.677. The maximum absolute atomic E-state index is 12.8. The van der Waals surface area contributed by atoms with E-state index in [-0.39, 0.29) is 55.5 Å². The number of ether oxygens (including phenoxy) is 4. The fourth-order valence-electron chi connectivity index (χ4n) is 4.04. The van der Waals surface area contributed by atoms with E-state index in [1.54, 1.807) is 19.1 Å². The SMILES string of the molecule is CCC(C)CC(=O)O[C@@H](C)CC(N)(Cc1ccc(OC(=O)CCC(C)C)c(OC(=O)CCC(C)C)c1)C(=O)OC. The molecular weight excluding hydrogens is 514 g/mol. The van der Waals surface area contributed by atoms with E-state index in [0.29, 0.717) is 30.2 Å². The Morgan fingerprint density at radius 1 is 0.850 bits per heavy atom. The van der Waals surface area contributed by atoms with Gasteiger partial charge in [-0.2, -0.15) is 0 Å². The van der Waals surface area contributed by atoms with E-state index in [4.69, 9.17) is 24.7 Å². The molecule has 0 radical (unpaired) electrons. The van der Waals surface area contributed by atoms with Crippen molar-refractivity contribution in [3.05, 3.63) is 23.8 Å². The van der Waals surface area contributed by atoms with Crippen LogP contribution in [0.25, 0.3) is 0 Å². The molecule has 0 amide bonds. The van der Waals surface area contributed by atoms with Crippen LogP contribution in [0.15, 0.2) is 18.2 Å². The lowest BCUT2D eigenvalue weighted by atomic mass is 9.86. The minimum atomic E-state index is -1.53. The zero-order valence-corrected chi connectivity index (χ0v) is 25.5. The van der Waals surface area contributed by atoms with Crippen molar-refractivity contribution in [3.8, 4) is 11.5 Å². The van der Waals surface area contributed by atoms with Crippen LogP contribution in [0, 0.1) is 17.8 Å². The third kappa shape index (κ3) is 12.9. The monoisotopic (exact) mass is 563 g/mol. The lowest BCUT2D eigenvalue weighted by Gasteiger charge is -2.29. The van der Waals surface area contributed by atoms with Gasteiger partial charge in [0.15, 0.2) is 11.5 Å². The molecular formula is C31H49NO8. The second-order valence-electron chi connectivity index (χ2n) is 11.6. The van der Waals surface area contributed by atoms with E-state index in [1.807, 2.05) is 41.5 Å². The molecule has 1 rings (SSSR count). The molecule has 0 saturated carbocycles. The van der Waals surface area contributed by atoms with Crippen molar-refractivity contribution in [1.29, 1.82) is 0 Å². The van der Waals surface area contributed by atoms with E-state index in [2.05, 4.69) is 0 Å². The molecule has 0 spiro atoms. The quantitative estimate of drug-likeness (QED) is 0.192. The first kappa shape index (κ1) is 35.1. The van der Waals surface area contributed by atoms with Crippen LogP contribution >= 0.6 is 0 Å². The highest BCUT2D eigenvalue weighted by atomic mass is 16.6. The summed E-state index contributed by atoms with van der Waals surface area (Å²) in [5.41, 5.74) is 5.57. The van der Waals surface area contributed by atoms with Crippen LogP contribution in [0.1, 0.15) is 99.0 Å². The predicted molar refractivity (Wildman–Crippen MR) is 153 cm³/mol. The molecule has 226 valence electrons. The van der Waals surface area contributed by atoms with Gasteiger partial charge < -0.3 is 24.7 Å². The number of rotatable bonds is 17. The molecule has 0 fully saturated rings. The summed E-state index contributed by atoms with van der Waals surface area (Å²) in [7, 11) is 1.24. The van der Waals surface area contributed by atoms with Crippen molar-refractivity contribution in [1.82, 2.24) is 0 Å². The van der Waals surface area contributed by atoms with Gasteiger partial charge >= 0.3 is 23.9 Å². The number of esters is 4. The molecule has 40 heavy (non-hydrogen) atoms. The number of carbonyl (C=O) groups is 4. The van der Waals surface area contributed by atoms with E-state index in [1.165, 1.54) is 13.2 Å². The average molecular weight is 564 g/mol. The van der Waals surface area contributed by atoms with Crippen LogP contribution in [0.3, 0.4) is 0 Å². The zero-order valence-electron chi connectivity index (χ0n) is 25.5. The Hall–Kier alpha value is -2.94. The third-order valence-electron chi connectivity index (χ3n) is 6.62. The lowest BCUT2D eigenvalue weighted by Crippen LogP contribution is -2.53. The van der Waals surface area contributed by atoms with Crippen LogP contribution in [0.2, 0.25) is 0 Å². The largest absolute Gasteiger partial charge is 0.468 e. The molecule has 1 aromatic rings. The minimum Gasteiger partial charge on any atom is -0.468 e. The smallest absolute Gasteiger partial charge is 0.326 e. The molecule has 0 aliphatic rings. The van der Waals surface area contributed by atoms with Gasteiger partial charge in [-0.3, -0.25) is 19.2 Å². The fourth-order valence-corrected chi connectivity index (χ4v) is 4.04. The van der Waals surface area contributed by atoms with Crippen LogP contribution < -0.4 is 15.2 Å². The van der Waals surface area contributed by atoms with Gasteiger partial charge in [0.1, 0.15) is 11.6 Å². The molecule has 0 aliphatic heterocycles. The summed E-state index contributed by atoms with van der Waals surface area (Å²) in [5.74, 6) is -0.904. The van der Waals surface area contributed by atoms with E-state index in [9.17, 15) is 19.2 Å². The third-order valence-corrected chi connectivity index (χ3v) is 6.62. The van der Waals surface area contributed by atoms with E-state index in [0.717, 1.165) is 6.42 Å². The van der Waals surface area contributed by atoms with Gasteiger partial charge in [0.05, 0.1) is 7.11 Å². The summed E-state index contributed by atoms with van der Waals surface area (Å²) < 4.78 is 21.6. The molecule has 2 N–H and O–H groups in total. The molecule has 0 aliphatic carbocycles. The highest BCUT2D eigenvalue weighted by Crippen LogP contribution is 2.32. The summed E-state index contributed by atoms with van der Waals surface area (Å²) in [4.78, 5) is 50.1. The Balaban J connectivity index is 3.20. The van der Waals surface area contributed by atoms with Gasteiger partial charge in [-0.1, -0.05) is 54.0 Å². The van der Waals surface area contributed by atoms with Gasteiger partial charge in [0, 0.05) is 32.1 Å². The molecule has 9 heteroatoms. The number of carbonyl (C=O) groups excluding carboxylic acids is 4. The molecule has 0 bridgehead atoms. The second-order valence-corrected chi connectivity index (χ2v) is 11.6. The number of hydrogen-bond donors (Lipinski definition) is 1. The highest BCUT2D eigenvalue weighted by Gasteiger charge is 2.38. The van der Waals surface area contributed by atoms with Crippen molar-refractivity contribution in [2.24, 2.45) is 23.5 Å². The van der Waals surface area contributed by atoms with Gasteiger partial charge in [-0.25, -0.2) is 0 Å². The summed E-state index contributed by atoms with van der Waals surface area (Å²) in [6.45, 7) is 13.7. The summed E-state index contributed by atoms with van der Waals surface area (Å²) in [5, 5.41) is 0. The van der Waals surface area contributed by atoms with Crippen molar-refractivity contribution in [2.75, 3.05) is 7.11 Å². The van der Waals surface area contributed by atoms with Crippen LogP contribution in [-0.2, 0) is 35.1 Å². The van der Waals surface area contributed by atoms with Crippen LogP contribution in [-0.4, -0.2) is 42.6 Å². The first-order valence-corrected chi connectivity index (χ1v) is 14.3. The van der Waals surface area contributed by atoms with Crippen molar-refractivity contribution < 1.29 is 38.1 Å². The van der Waals surface area contributed by atoms with Crippen molar-refractivity contribution in [3.63, 3.8) is 0 Å². The summed E-state index contributed by atoms with van der Waals surface area (Å²) >= 11 is 0. The predicted octanol–water partition coefficient (Wildman–Crippen LogP) is 5.54. The molecule has 2 unspecified atom stereocenters. The Kier molecular flexibility index (Phi) is 14.9.